The van der Waals surface area contributed by atoms with Gasteiger partial charge in [0.1, 0.15) is 6.26 Å². The lowest BCUT2D eigenvalue weighted by molar-refractivity contribution is 0.0600. The highest BCUT2D eigenvalue weighted by Gasteiger charge is 2.33. The number of aromatic nitrogens is 5. The molecule has 31 heavy (non-hydrogen) atoms. The lowest BCUT2D eigenvalue weighted by Crippen LogP contribution is -2.45. The van der Waals surface area contributed by atoms with E-state index in [9.17, 15) is 9.18 Å². The first-order chi connectivity index (χ1) is 15.0. The number of benzene rings is 1. The van der Waals surface area contributed by atoms with Gasteiger partial charge >= 0.3 is 0 Å². The van der Waals surface area contributed by atoms with Gasteiger partial charge < -0.3 is 19.8 Å². The zero-order chi connectivity index (χ0) is 21.7. The zero-order valence-corrected chi connectivity index (χ0v) is 16.9. The van der Waals surface area contributed by atoms with Gasteiger partial charge in [-0.3, -0.25) is 4.79 Å². The first-order valence-corrected chi connectivity index (χ1v) is 9.84. The lowest BCUT2D eigenvalue weighted by atomic mass is 9.92. The Hall–Kier alpha value is -3.76. The van der Waals surface area contributed by atoms with Crippen molar-refractivity contribution in [3.8, 4) is 5.75 Å². The van der Waals surface area contributed by atoms with Crippen molar-refractivity contribution in [3.63, 3.8) is 0 Å². The highest BCUT2D eigenvalue weighted by atomic mass is 19.1. The Bertz CT molecular complexity index is 1290. The molecule has 2 N–H and O–H groups in total. The van der Waals surface area contributed by atoms with Gasteiger partial charge in [-0.05, 0) is 25.8 Å². The summed E-state index contributed by atoms with van der Waals surface area (Å²) in [6, 6.07) is 2.85. The summed E-state index contributed by atoms with van der Waals surface area (Å²) in [5.41, 5.74) is 7.22. The van der Waals surface area contributed by atoms with Crippen molar-refractivity contribution < 1.29 is 18.3 Å². The van der Waals surface area contributed by atoms with Gasteiger partial charge in [-0.15, -0.1) is 5.10 Å². The Morgan fingerprint density at radius 2 is 2.16 bits per heavy atom. The van der Waals surface area contributed by atoms with Crippen molar-refractivity contribution in [1.82, 2.24) is 29.5 Å². The van der Waals surface area contributed by atoms with Crippen LogP contribution in [0.25, 0.3) is 16.6 Å². The number of methoxy groups -OCH3 is 1. The number of piperidine rings is 1. The van der Waals surface area contributed by atoms with Gasteiger partial charge in [0.25, 0.3) is 5.91 Å². The fourth-order valence-electron chi connectivity index (χ4n) is 4.04. The fraction of sp³-hybridized carbons (Fsp3) is 0.350. The van der Waals surface area contributed by atoms with E-state index >= 15 is 0 Å². The molecule has 0 spiro atoms. The number of rotatable bonds is 3. The standard InChI is InChI=1S/C20H20FN7O3/c1-10-3-4-11(7-27(10)19(29)15-8-31-9-23-15)17-25-18-12-5-13(21)16(30-2)6-14(12)24-20(22)28(18)26-17/h5-6,8-11H,3-4,7H2,1-2H3,(H2,22,24)/t10-,11+/m0/s1. The second kappa shape index (κ2) is 7.18. The molecular weight excluding hydrogens is 405 g/mol. The van der Waals surface area contributed by atoms with Gasteiger partial charge in [0.2, 0.25) is 5.95 Å². The number of amides is 1. The number of nitrogens with zero attached hydrogens (tertiary/aromatic N) is 6. The van der Waals surface area contributed by atoms with Crippen molar-refractivity contribution in [1.29, 1.82) is 0 Å². The summed E-state index contributed by atoms with van der Waals surface area (Å²) in [5.74, 6) is -0.0904. The van der Waals surface area contributed by atoms with E-state index in [1.807, 2.05) is 6.92 Å². The predicted molar refractivity (Wildman–Crippen MR) is 108 cm³/mol. The summed E-state index contributed by atoms with van der Waals surface area (Å²) in [6.07, 6.45) is 4.15. The van der Waals surface area contributed by atoms with Gasteiger partial charge in [0, 0.05) is 30.0 Å². The molecule has 0 bridgehead atoms. The maximum absolute atomic E-state index is 14.3. The normalized spacial score (nSPS) is 19.3. The van der Waals surface area contributed by atoms with Gasteiger partial charge in [0.05, 0.1) is 12.6 Å². The quantitative estimate of drug-likeness (QED) is 0.531. The summed E-state index contributed by atoms with van der Waals surface area (Å²) in [7, 11) is 1.39. The van der Waals surface area contributed by atoms with E-state index in [2.05, 4.69) is 20.1 Å². The molecule has 4 aromatic rings. The van der Waals surface area contributed by atoms with Crippen LogP contribution in [0, 0.1) is 5.82 Å². The van der Waals surface area contributed by atoms with E-state index in [0.717, 1.165) is 12.8 Å². The third-order valence-corrected chi connectivity index (χ3v) is 5.75. The maximum Gasteiger partial charge on any atom is 0.276 e. The Balaban J connectivity index is 1.54. The monoisotopic (exact) mass is 425 g/mol. The molecule has 3 aromatic heterocycles. The highest BCUT2D eigenvalue weighted by Crippen LogP contribution is 2.32. The second-order valence-corrected chi connectivity index (χ2v) is 7.63. The molecular formula is C20H20FN7O3. The number of hydrogen-bond acceptors (Lipinski definition) is 8. The van der Waals surface area contributed by atoms with E-state index < -0.39 is 5.82 Å². The van der Waals surface area contributed by atoms with Crippen molar-refractivity contribution in [3.05, 3.63) is 42.1 Å². The fourth-order valence-corrected chi connectivity index (χ4v) is 4.04. The van der Waals surface area contributed by atoms with E-state index in [1.165, 1.54) is 36.4 Å². The van der Waals surface area contributed by atoms with Crippen LogP contribution in [-0.4, -0.2) is 55.1 Å². The minimum Gasteiger partial charge on any atom is -0.494 e. The van der Waals surface area contributed by atoms with E-state index in [1.54, 1.807) is 4.90 Å². The van der Waals surface area contributed by atoms with Crippen LogP contribution >= 0.6 is 0 Å². The van der Waals surface area contributed by atoms with E-state index in [4.69, 9.17) is 14.9 Å². The van der Waals surface area contributed by atoms with Gasteiger partial charge in [-0.1, -0.05) is 0 Å². The number of oxazole rings is 1. The Morgan fingerprint density at radius 3 is 2.90 bits per heavy atom. The van der Waals surface area contributed by atoms with Crippen molar-refractivity contribution in [2.75, 3.05) is 19.4 Å². The Kier molecular flexibility index (Phi) is 4.45. The zero-order valence-electron chi connectivity index (χ0n) is 16.9. The largest absolute Gasteiger partial charge is 0.494 e. The van der Waals surface area contributed by atoms with Crippen LogP contribution in [0.4, 0.5) is 10.3 Å². The third kappa shape index (κ3) is 3.13. The minimum absolute atomic E-state index is 0.0478. The number of carbonyl (C=O) groups excluding carboxylic acids is 1. The SMILES string of the molecule is COc1cc2nc(N)n3nc([C@@H]4CC[C@H](C)N(C(=O)c5cocn5)C4)nc3c2cc1F. The molecule has 0 radical (unpaired) electrons. The summed E-state index contributed by atoms with van der Waals surface area (Å²) >= 11 is 0. The number of ether oxygens (including phenoxy) is 1. The topological polar surface area (TPSA) is 125 Å². The number of anilines is 1. The lowest BCUT2D eigenvalue weighted by Gasteiger charge is -2.36. The number of hydrogen-bond donors (Lipinski definition) is 1. The van der Waals surface area contributed by atoms with Crippen LogP contribution < -0.4 is 10.5 Å². The van der Waals surface area contributed by atoms with Gasteiger partial charge in [0.15, 0.2) is 35.1 Å². The molecule has 1 amide bonds. The molecule has 11 heteroatoms. The molecule has 5 rings (SSSR count). The number of fused-ring (bicyclic) bond motifs is 3. The Morgan fingerprint density at radius 1 is 1.32 bits per heavy atom. The van der Waals surface area contributed by atoms with Crippen molar-refractivity contribution in [2.45, 2.75) is 31.7 Å². The number of carbonyl (C=O) groups is 1. The average molecular weight is 425 g/mol. The van der Waals surface area contributed by atoms with Crippen LogP contribution in [0.3, 0.4) is 0 Å². The van der Waals surface area contributed by atoms with Crippen molar-refractivity contribution >= 4 is 28.4 Å². The van der Waals surface area contributed by atoms with Crippen LogP contribution in [0.2, 0.25) is 0 Å². The highest BCUT2D eigenvalue weighted by molar-refractivity contribution is 5.93. The van der Waals surface area contributed by atoms with E-state index in [-0.39, 0.29) is 35.3 Å². The summed E-state index contributed by atoms with van der Waals surface area (Å²) in [4.78, 5) is 27.5. The smallest absolute Gasteiger partial charge is 0.276 e. The van der Waals surface area contributed by atoms with E-state index in [0.29, 0.717) is 28.9 Å². The van der Waals surface area contributed by atoms with Crippen LogP contribution in [0.5, 0.6) is 5.75 Å². The molecule has 10 nitrogen and oxygen atoms in total. The number of nitrogen functional groups attached to an aromatic ring is 1. The summed E-state index contributed by atoms with van der Waals surface area (Å²) < 4.78 is 25.7. The molecule has 1 fully saturated rings. The number of nitrogens with two attached hydrogens (primary N) is 1. The number of halogens is 1. The first kappa shape index (κ1) is 19.2. The molecule has 160 valence electrons. The van der Waals surface area contributed by atoms with Gasteiger partial charge in [-0.2, -0.15) is 4.52 Å². The molecule has 2 atom stereocenters. The molecule has 1 aromatic carbocycles. The molecule has 0 aliphatic carbocycles. The molecule has 0 unspecified atom stereocenters. The van der Waals surface area contributed by atoms with Crippen LogP contribution in [-0.2, 0) is 0 Å². The number of likely N-dealkylation sites (tertiary alicyclic amines) is 1. The van der Waals surface area contributed by atoms with Gasteiger partial charge in [-0.25, -0.2) is 19.3 Å². The predicted octanol–water partition coefficient (Wildman–Crippen LogP) is 2.40. The minimum atomic E-state index is -0.524. The Labute approximate surface area is 175 Å². The molecule has 0 saturated carbocycles. The van der Waals surface area contributed by atoms with Crippen LogP contribution in [0.1, 0.15) is 42.0 Å². The first-order valence-electron chi connectivity index (χ1n) is 9.84. The average Bonchev–Trinajstić information content (AvgIpc) is 3.45. The summed E-state index contributed by atoms with van der Waals surface area (Å²) in [5, 5.41) is 5.01. The molecule has 1 saturated heterocycles. The molecule has 4 heterocycles. The van der Waals surface area contributed by atoms with Crippen molar-refractivity contribution in [2.24, 2.45) is 0 Å². The summed E-state index contributed by atoms with van der Waals surface area (Å²) in [6.45, 7) is 2.42. The third-order valence-electron chi connectivity index (χ3n) is 5.75. The van der Waals surface area contributed by atoms with Crippen LogP contribution in [0.15, 0.2) is 29.2 Å². The molecule has 1 aliphatic heterocycles. The molecule has 1 aliphatic rings. The maximum atomic E-state index is 14.3. The second-order valence-electron chi connectivity index (χ2n) is 7.63.